The van der Waals surface area contributed by atoms with E-state index in [1.807, 2.05) is 45.8 Å². The molecule has 4 aromatic rings. The number of hydrogen-bond acceptors (Lipinski definition) is 5. The standard InChI is InChI=1S/C17H17N7O2.C4H8/c25-17(26)19-5-1-7-23-8-4-12-10-20-16(22-15(12)23)21-13-2-3-14-18-6-9-24(14)11-13;1-2-4-3-1/h2-4,6,8-11,19H,1,5,7H2,(H,25,26)(H,20,21,22);1-4H2. The minimum Gasteiger partial charge on any atom is -0.465 e. The highest BCUT2D eigenvalue weighted by Crippen LogP contribution is 2.18. The molecule has 0 atom stereocenters. The quantitative estimate of drug-likeness (QED) is 0.416. The second-order valence-corrected chi connectivity index (χ2v) is 7.22. The summed E-state index contributed by atoms with van der Waals surface area (Å²) in [6.07, 6.45) is 14.9. The maximum Gasteiger partial charge on any atom is 0.404 e. The molecular weight excluding hydrogens is 382 g/mol. The normalized spacial score (nSPS) is 12.8. The van der Waals surface area contributed by atoms with Gasteiger partial charge in [-0.1, -0.05) is 25.7 Å². The number of rotatable bonds is 6. The van der Waals surface area contributed by atoms with Crippen LogP contribution in [0.5, 0.6) is 0 Å². The lowest BCUT2D eigenvalue weighted by atomic mass is 10.0. The van der Waals surface area contributed by atoms with Gasteiger partial charge in [0.25, 0.3) is 0 Å². The SMILES string of the molecule is C1CCC1.O=C(O)NCCCn1ccc2cnc(Nc3ccc4nccn4c3)nc21. The number of fused-ring (bicyclic) bond motifs is 2. The van der Waals surface area contributed by atoms with Crippen molar-refractivity contribution in [3.8, 4) is 0 Å². The lowest BCUT2D eigenvalue weighted by Crippen LogP contribution is -2.22. The third-order valence-electron chi connectivity index (χ3n) is 5.00. The smallest absolute Gasteiger partial charge is 0.404 e. The number of aryl methyl sites for hydroxylation is 1. The minimum atomic E-state index is -1.01. The first-order chi connectivity index (χ1) is 14.7. The maximum atomic E-state index is 10.5. The number of carbonyl (C=O) groups is 1. The van der Waals surface area contributed by atoms with Gasteiger partial charge in [-0.05, 0) is 24.6 Å². The van der Waals surface area contributed by atoms with Crippen LogP contribution in [0.2, 0.25) is 0 Å². The van der Waals surface area contributed by atoms with Crippen molar-refractivity contribution >= 4 is 34.4 Å². The summed E-state index contributed by atoms with van der Waals surface area (Å²) in [5.41, 5.74) is 2.54. The van der Waals surface area contributed by atoms with E-state index < -0.39 is 6.09 Å². The summed E-state index contributed by atoms with van der Waals surface area (Å²) in [7, 11) is 0. The summed E-state index contributed by atoms with van der Waals surface area (Å²) in [5, 5.41) is 15.1. The molecule has 0 aliphatic heterocycles. The molecule has 0 bridgehead atoms. The van der Waals surface area contributed by atoms with E-state index in [1.165, 1.54) is 25.7 Å². The van der Waals surface area contributed by atoms with Crippen LogP contribution in [-0.4, -0.2) is 41.7 Å². The highest BCUT2D eigenvalue weighted by molar-refractivity contribution is 5.76. The highest BCUT2D eigenvalue weighted by Gasteiger charge is 2.07. The monoisotopic (exact) mass is 407 g/mol. The number of imidazole rings is 1. The van der Waals surface area contributed by atoms with Crippen LogP contribution in [0.25, 0.3) is 16.7 Å². The molecule has 30 heavy (non-hydrogen) atoms. The van der Waals surface area contributed by atoms with Crippen LogP contribution < -0.4 is 10.6 Å². The van der Waals surface area contributed by atoms with Crippen molar-refractivity contribution in [3.63, 3.8) is 0 Å². The van der Waals surface area contributed by atoms with E-state index in [0.717, 1.165) is 22.4 Å². The maximum absolute atomic E-state index is 10.5. The van der Waals surface area contributed by atoms with Crippen LogP contribution in [0.4, 0.5) is 16.4 Å². The molecule has 0 radical (unpaired) electrons. The molecule has 0 saturated heterocycles. The fraction of sp³-hybridized carbons (Fsp3) is 0.333. The van der Waals surface area contributed by atoms with E-state index in [-0.39, 0.29) is 0 Å². The molecule has 0 spiro atoms. The summed E-state index contributed by atoms with van der Waals surface area (Å²) in [6, 6.07) is 5.78. The molecule has 1 aliphatic rings. The number of amides is 1. The Morgan fingerprint density at radius 1 is 1.10 bits per heavy atom. The van der Waals surface area contributed by atoms with E-state index in [9.17, 15) is 4.79 Å². The summed E-state index contributed by atoms with van der Waals surface area (Å²) in [4.78, 5) is 23.7. The molecule has 9 nitrogen and oxygen atoms in total. The van der Waals surface area contributed by atoms with Gasteiger partial charge in [-0.25, -0.2) is 14.8 Å². The van der Waals surface area contributed by atoms with Gasteiger partial charge >= 0.3 is 6.09 Å². The Bertz CT molecular complexity index is 1130. The number of carboxylic acid groups (broad SMARTS) is 1. The Hall–Kier alpha value is -3.62. The molecule has 4 heterocycles. The molecule has 1 amide bonds. The van der Waals surface area contributed by atoms with Gasteiger partial charge in [-0.15, -0.1) is 0 Å². The van der Waals surface area contributed by atoms with Crippen molar-refractivity contribution in [2.75, 3.05) is 11.9 Å². The first kappa shape index (κ1) is 19.7. The van der Waals surface area contributed by atoms with Crippen LogP contribution in [0.1, 0.15) is 32.1 Å². The zero-order valence-corrected chi connectivity index (χ0v) is 16.7. The summed E-state index contributed by atoms with van der Waals surface area (Å²) in [5.74, 6) is 0.501. The summed E-state index contributed by atoms with van der Waals surface area (Å²) < 4.78 is 3.91. The molecule has 0 aromatic carbocycles. The van der Waals surface area contributed by atoms with Crippen LogP contribution in [0.3, 0.4) is 0 Å². The van der Waals surface area contributed by atoms with Gasteiger partial charge in [0.1, 0.15) is 11.3 Å². The van der Waals surface area contributed by atoms with Gasteiger partial charge in [0, 0.05) is 49.5 Å². The topological polar surface area (TPSA) is 109 Å². The molecule has 156 valence electrons. The number of nitrogens with zero attached hydrogens (tertiary/aromatic N) is 5. The molecular formula is C21H25N7O2. The van der Waals surface area contributed by atoms with Gasteiger partial charge in [0.05, 0.1) is 5.69 Å². The molecule has 0 unspecified atom stereocenters. The van der Waals surface area contributed by atoms with Crippen molar-refractivity contribution in [2.45, 2.75) is 38.6 Å². The number of aromatic nitrogens is 5. The molecule has 9 heteroatoms. The first-order valence-corrected chi connectivity index (χ1v) is 10.2. The van der Waals surface area contributed by atoms with Crippen molar-refractivity contribution in [1.82, 2.24) is 29.2 Å². The van der Waals surface area contributed by atoms with Crippen LogP contribution >= 0.6 is 0 Å². The van der Waals surface area contributed by atoms with Gasteiger partial charge in [-0.3, -0.25) is 0 Å². The summed E-state index contributed by atoms with van der Waals surface area (Å²) in [6.45, 7) is 1.07. The molecule has 1 fully saturated rings. The van der Waals surface area contributed by atoms with Crippen molar-refractivity contribution in [2.24, 2.45) is 0 Å². The van der Waals surface area contributed by atoms with E-state index in [4.69, 9.17) is 5.11 Å². The zero-order valence-electron chi connectivity index (χ0n) is 16.7. The van der Waals surface area contributed by atoms with Crippen molar-refractivity contribution in [1.29, 1.82) is 0 Å². The lowest BCUT2D eigenvalue weighted by Gasteiger charge is -2.08. The van der Waals surface area contributed by atoms with E-state index in [1.54, 1.807) is 12.4 Å². The Morgan fingerprint density at radius 2 is 1.93 bits per heavy atom. The lowest BCUT2D eigenvalue weighted by molar-refractivity contribution is 0.194. The van der Waals surface area contributed by atoms with Crippen LogP contribution in [-0.2, 0) is 6.54 Å². The number of anilines is 2. The molecule has 5 rings (SSSR count). The Kier molecular flexibility index (Phi) is 6.07. The molecule has 4 aromatic heterocycles. The third kappa shape index (κ3) is 4.86. The Balaban J connectivity index is 0.000000489. The first-order valence-electron chi connectivity index (χ1n) is 10.2. The number of pyridine rings is 1. The highest BCUT2D eigenvalue weighted by atomic mass is 16.4. The third-order valence-corrected chi connectivity index (χ3v) is 5.00. The van der Waals surface area contributed by atoms with Crippen LogP contribution in [0, 0.1) is 0 Å². The second-order valence-electron chi connectivity index (χ2n) is 7.22. The Morgan fingerprint density at radius 3 is 2.70 bits per heavy atom. The van der Waals surface area contributed by atoms with Gasteiger partial charge in [0.15, 0.2) is 0 Å². The predicted molar refractivity (Wildman–Crippen MR) is 115 cm³/mol. The van der Waals surface area contributed by atoms with E-state index in [2.05, 4.69) is 25.6 Å². The number of nitrogens with one attached hydrogen (secondary N) is 2. The fourth-order valence-corrected chi connectivity index (χ4v) is 3.03. The van der Waals surface area contributed by atoms with Gasteiger partial charge in [0.2, 0.25) is 5.95 Å². The number of hydrogen-bond donors (Lipinski definition) is 3. The largest absolute Gasteiger partial charge is 0.465 e. The average molecular weight is 407 g/mol. The Labute approximate surface area is 173 Å². The molecule has 1 aliphatic carbocycles. The second kappa shape index (κ2) is 9.25. The predicted octanol–water partition coefficient (Wildman–Crippen LogP) is 4.04. The van der Waals surface area contributed by atoms with E-state index >= 15 is 0 Å². The fourth-order valence-electron chi connectivity index (χ4n) is 3.03. The van der Waals surface area contributed by atoms with Crippen LogP contribution in [0.15, 0.2) is 49.2 Å². The zero-order chi connectivity index (χ0) is 20.8. The van der Waals surface area contributed by atoms with Gasteiger partial charge < -0.3 is 24.7 Å². The average Bonchev–Trinajstić information content (AvgIpc) is 3.30. The molecule has 1 saturated carbocycles. The minimum absolute atomic E-state index is 0.399. The van der Waals surface area contributed by atoms with E-state index in [0.29, 0.717) is 25.5 Å². The van der Waals surface area contributed by atoms with Crippen molar-refractivity contribution < 1.29 is 9.90 Å². The summed E-state index contributed by atoms with van der Waals surface area (Å²) >= 11 is 0. The molecule has 3 N–H and O–H groups in total. The van der Waals surface area contributed by atoms with Crippen molar-refractivity contribution in [3.05, 3.63) is 49.2 Å². The van der Waals surface area contributed by atoms with Gasteiger partial charge in [-0.2, -0.15) is 4.98 Å².